The van der Waals surface area contributed by atoms with Gasteiger partial charge < -0.3 is 0 Å². The molecule has 0 N–H and O–H groups in total. The second-order valence-electron chi connectivity index (χ2n) is 4.98. The zero-order valence-corrected chi connectivity index (χ0v) is 13.5. The lowest BCUT2D eigenvalue weighted by atomic mass is 10.0. The van der Waals surface area contributed by atoms with Crippen molar-refractivity contribution in [1.29, 1.82) is 0 Å². The number of nitrogens with zero attached hydrogens (tertiary/aromatic N) is 1. The minimum Gasteiger partial charge on any atom is -0.266 e. The van der Waals surface area contributed by atoms with Crippen LogP contribution in [0.1, 0.15) is 12.0 Å². The maximum atomic E-state index is 12.9. The average Bonchev–Trinajstić information content (AvgIpc) is 2.54. The van der Waals surface area contributed by atoms with Gasteiger partial charge in [0.15, 0.2) is 0 Å². The number of sulfonamides is 1. The van der Waals surface area contributed by atoms with Gasteiger partial charge in [0.1, 0.15) is 0 Å². The van der Waals surface area contributed by atoms with E-state index < -0.39 is 10.0 Å². The van der Waals surface area contributed by atoms with Crippen molar-refractivity contribution in [3.8, 4) is 0 Å². The molecule has 3 nitrogen and oxygen atoms in total. The molecule has 0 spiro atoms. The molecule has 0 saturated heterocycles. The van der Waals surface area contributed by atoms with Crippen LogP contribution >= 0.6 is 11.8 Å². The predicted molar refractivity (Wildman–Crippen MR) is 87.5 cm³/mol. The molecule has 0 radical (unpaired) electrons. The number of para-hydroxylation sites is 1. The maximum Gasteiger partial charge on any atom is 0.264 e. The minimum atomic E-state index is -3.48. The lowest BCUT2D eigenvalue weighted by Gasteiger charge is -2.30. The van der Waals surface area contributed by atoms with Gasteiger partial charge in [-0.1, -0.05) is 18.2 Å². The van der Waals surface area contributed by atoms with Crippen molar-refractivity contribution < 1.29 is 8.42 Å². The van der Waals surface area contributed by atoms with Gasteiger partial charge in [-0.05, 0) is 55.0 Å². The highest BCUT2D eigenvalue weighted by Crippen LogP contribution is 2.32. The van der Waals surface area contributed by atoms with E-state index in [-0.39, 0.29) is 0 Å². The Bertz CT molecular complexity index is 739. The van der Waals surface area contributed by atoms with Gasteiger partial charge in [-0.3, -0.25) is 4.31 Å². The molecule has 110 valence electrons. The quantitative estimate of drug-likeness (QED) is 0.812. The highest BCUT2D eigenvalue weighted by Gasteiger charge is 2.28. The van der Waals surface area contributed by atoms with Gasteiger partial charge in [-0.15, -0.1) is 11.8 Å². The molecule has 1 aliphatic rings. The Hall–Kier alpha value is -1.46. The number of hydrogen-bond acceptors (Lipinski definition) is 3. The topological polar surface area (TPSA) is 37.4 Å². The molecule has 0 amide bonds. The molecule has 5 heteroatoms. The van der Waals surface area contributed by atoms with E-state index in [4.69, 9.17) is 0 Å². The van der Waals surface area contributed by atoms with Gasteiger partial charge in [0.25, 0.3) is 10.0 Å². The molecule has 0 bridgehead atoms. The molecule has 1 aliphatic heterocycles. The number of aryl methyl sites for hydroxylation is 1. The lowest BCUT2D eigenvalue weighted by molar-refractivity contribution is 0.586. The van der Waals surface area contributed by atoms with Crippen LogP contribution in [0.2, 0.25) is 0 Å². The molecule has 2 aromatic rings. The van der Waals surface area contributed by atoms with Crippen molar-refractivity contribution in [2.24, 2.45) is 0 Å². The Balaban J connectivity index is 2.02. The largest absolute Gasteiger partial charge is 0.266 e. The number of fused-ring (bicyclic) bond motifs is 1. The Kier molecular flexibility index (Phi) is 3.95. The van der Waals surface area contributed by atoms with Crippen molar-refractivity contribution in [2.75, 3.05) is 17.1 Å². The van der Waals surface area contributed by atoms with Crippen LogP contribution in [0.4, 0.5) is 5.69 Å². The van der Waals surface area contributed by atoms with E-state index in [0.29, 0.717) is 11.4 Å². The lowest BCUT2D eigenvalue weighted by Crippen LogP contribution is -2.35. The van der Waals surface area contributed by atoms with Crippen molar-refractivity contribution >= 4 is 27.5 Å². The maximum absolute atomic E-state index is 12.9. The van der Waals surface area contributed by atoms with Gasteiger partial charge in [-0.25, -0.2) is 8.42 Å². The van der Waals surface area contributed by atoms with Gasteiger partial charge in [0.05, 0.1) is 10.6 Å². The first-order valence-corrected chi connectivity index (χ1v) is 9.54. The smallest absolute Gasteiger partial charge is 0.264 e. The molecule has 21 heavy (non-hydrogen) atoms. The van der Waals surface area contributed by atoms with Crippen molar-refractivity contribution in [1.82, 2.24) is 0 Å². The second-order valence-corrected chi connectivity index (χ2v) is 7.73. The Morgan fingerprint density at radius 3 is 2.48 bits per heavy atom. The van der Waals surface area contributed by atoms with E-state index in [2.05, 4.69) is 0 Å². The number of benzene rings is 2. The fourth-order valence-corrected chi connectivity index (χ4v) is 4.57. The first-order valence-electron chi connectivity index (χ1n) is 6.87. The molecular weight excluding hydrogens is 302 g/mol. The molecule has 0 fully saturated rings. The van der Waals surface area contributed by atoms with Crippen LogP contribution in [0.5, 0.6) is 0 Å². The predicted octanol–water partition coefficient (Wildman–Crippen LogP) is 3.55. The Morgan fingerprint density at radius 2 is 1.76 bits per heavy atom. The van der Waals surface area contributed by atoms with Crippen LogP contribution < -0.4 is 4.31 Å². The third-order valence-corrected chi connectivity index (χ3v) is 6.29. The summed E-state index contributed by atoms with van der Waals surface area (Å²) in [6, 6.07) is 14.8. The van der Waals surface area contributed by atoms with E-state index in [1.165, 1.54) is 0 Å². The molecule has 0 unspecified atom stereocenters. The molecular formula is C16H17NO2S2. The van der Waals surface area contributed by atoms with Crippen LogP contribution in [0.25, 0.3) is 0 Å². The van der Waals surface area contributed by atoms with Crippen LogP contribution in [0, 0.1) is 0 Å². The van der Waals surface area contributed by atoms with Crippen LogP contribution in [0.15, 0.2) is 58.3 Å². The summed E-state index contributed by atoms with van der Waals surface area (Å²) in [6.45, 7) is 0.545. The summed E-state index contributed by atoms with van der Waals surface area (Å²) in [5.74, 6) is 0. The molecule has 2 aromatic carbocycles. The van der Waals surface area contributed by atoms with Crippen LogP contribution in [0.3, 0.4) is 0 Å². The molecule has 0 atom stereocenters. The van der Waals surface area contributed by atoms with Crippen molar-refractivity contribution in [2.45, 2.75) is 22.6 Å². The van der Waals surface area contributed by atoms with E-state index in [9.17, 15) is 8.42 Å². The van der Waals surface area contributed by atoms with Gasteiger partial charge in [-0.2, -0.15) is 0 Å². The molecule has 0 aliphatic carbocycles. The average molecular weight is 319 g/mol. The summed E-state index contributed by atoms with van der Waals surface area (Å²) in [5, 5.41) is 0. The van der Waals surface area contributed by atoms with Gasteiger partial charge in [0.2, 0.25) is 0 Å². The summed E-state index contributed by atoms with van der Waals surface area (Å²) in [6.07, 6.45) is 3.77. The van der Waals surface area contributed by atoms with E-state index in [1.54, 1.807) is 28.2 Å². The fourth-order valence-electron chi connectivity index (χ4n) is 2.62. The number of thioether (sulfide) groups is 1. The van der Waals surface area contributed by atoms with Crippen LogP contribution in [-0.2, 0) is 16.4 Å². The third kappa shape index (κ3) is 2.68. The third-order valence-electron chi connectivity index (χ3n) is 3.72. The summed E-state index contributed by atoms with van der Waals surface area (Å²) >= 11 is 1.60. The highest BCUT2D eigenvalue weighted by molar-refractivity contribution is 7.98. The zero-order chi connectivity index (χ0) is 14.9. The standard InChI is InChI=1S/C16H17NO2S2/c1-20-14-8-10-15(11-9-14)21(18,19)17-12-4-6-13-5-2-3-7-16(13)17/h2-3,5,7-11H,4,6,12H2,1H3. The zero-order valence-electron chi connectivity index (χ0n) is 11.8. The first kappa shape index (κ1) is 14.5. The Labute approximate surface area is 130 Å². The van der Waals surface area contributed by atoms with E-state index in [1.807, 2.05) is 42.7 Å². The summed E-state index contributed by atoms with van der Waals surface area (Å²) < 4.78 is 27.3. The Morgan fingerprint density at radius 1 is 1.05 bits per heavy atom. The molecule has 0 saturated carbocycles. The summed E-state index contributed by atoms with van der Waals surface area (Å²) in [5.41, 5.74) is 1.92. The first-order chi connectivity index (χ1) is 10.1. The SMILES string of the molecule is CSc1ccc(S(=O)(=O)N2CCCc3ccccc32)cc1. The number of hydrogen-bond donors (Lipinski definition) is 0. The molecule has 0 aromatic heterocycles. The monoisotopic (exact) mass is 319 g/mol. The van der Waals surface area contributed by atoms with Gasteiger partial charge >= 0.3 is 0 Å². The van der Waals surface area contributed by atoms with Crippen LogP contribution in [-0.4, -0.2) is 21.2 Å². The number of anilines is 1. The summed E-state index contributed by atoms with van der Waals surface area (Å²) in [4.78, 5) is 1.42. The normalized spacial score (nSPS) is 14.8. The van der Waals surface area contributed by atoms with Gasteiger partial charge in [0, 0.05) is 11.4 Å². The number of rotatable bonds is 3. The van der Waals surface area contributed by atoms with E-state index >= 15 is 0 Å². The fraction of sp³-hybridized carbons (Fsp3) is 0.250. The van der Waals surface area contributed by atoms with E-state index in [0.717, 1.165) is 29.0 Å². The molecule has 3 rings (SSSR count). The molecule has 1 heterocycles. The van der Waals surface area contributed by atoms with Crippen molar-refractivity contribution in [3.05, 3.63) is 54.1 Å². The summed E-state index contributed by atoms with van der Waals surface area (Å²) in [7, 11) is -3.48. The minimum absolute atomic E-state index is 0.358. The second kappa shape index (κ2) is 5.73. The highest BCUT2D eigenvalue weighted by atomic mass is 32.2. The van der Waals surface area contributed by atoms with Crippen molar-refractivity contribution in [3.63, 3.8) is 0 Å².